The molecule has 6 rings (SSSR count). The predicted molar refractivity (Wildman–Crippen MR) is 130 cm³/mol. The summed E-state index contributed by atoms with van der Waals surface area (Å²) in [5.74, 6) is -0.934. The van der Waals surface area contributed by atoms with Crippen LogP contribution in [0, 0.1) is 5.82 Å². The minimum Gasteiger partial charge on any atom is -0.382 e. The molecule has 174 valence electrons. The summed E-state index contributed by atoms with van der Waals surface area (Å²) in [6, 6.07) is 11.2. The minimum absolute atomic E-state index is 0.0563. The van der Waals surface area contributed by atoms with Gasteiger partial charge in [0.05, 0.1) is 11.1 Å². The molecule has 4 heterocycles. The standard InChI is InChI=1S/C26H24ClFN4O2/c1-26(2)33-22-17(8-6-14-5-7-16-12-18(27)24(29)31-21(16)20(14)28)13-19(23(22)34-26)32-11-9-15-4-3-10-30-25(15)32/h3-5,7,9-13,19,22-23H,6,8H2,1-2H3,(H2,29,31)/t19-,22-,23+/m1/s1. The van der Waals surface area contributed by atoms with Crippen molar-refractivity contribution in [2.45, 2.75) is 50.7 Å². The summed E-state index contributed by atoms with van der Waals surface area (Å²) in [6.45, 7) is 3.85. The molecule has 0 bridgehead atoms. The van der Waals surface area contributed by atoms with E-state index >= 15 is 4.39 Å². The largest absolute Gasteiger partial charge is 0.382 e. The number of pyridine rings is 2. The lowest BCUT2D eigenvalue weighted by Crippen LogP contribution is -2.27. The van der Waals surface area contributed by atoms with E-state index < -0.39 is 5.79 Å². The number of rotatable bonds is 4. The highest BCUT2D eigenvalue weighted by Gasteiger charge is 2.50. The van der Waals surface area contributed by atoms with Crippen LogP contribution in [0.15, 0.2) is 60.4 Å². The molecule has 1 aliphatic carbocycles. The van der Waals surface area contributed by atoms with Gasteiger partial charge in [0.25, 0.3) is 0 Å². The van der Waals surface area contributed by atoms with E-state index in [0.717, 1.165) is 16.6 Å². The van der Waals surface area contributed by atoms with E-state index in [0.29, 0.717) is 28.8 Å². The van der Waals surface area contributed by atoms with E-state index in [-0.39, 0.29) is 35.4 Å². The molecule has 8 heteroatoms. The van der Waals surface area contributed by atoms with Crippen LogP contribution in [0.25, 0.3) is 21.9 Å². The average molecular weight is 479 g/mol. The first-order valence-electron chi connectivity index (χ1n) is 11.3. The summed E-state index contributed by atoms with van der Waals surface area (Å²) in [6.07, 6.45) is 6.79. The topological polar surface area (TPSA) is 75.2 Å². The van der Waals surface area contributed by atoms with E-state index in [4.69, 9.17) is 26.8 Å². The Kier molecular flexibility index (Phi) is 4.92. The fourth-order valence-corrected chi connectivity index (χ4v) is 5.29. The lowest BCUT2D eigenvalue weighted by atomic mass is 10.0. The second-order valence-electron chi connectivity index (χ2n) is 9.36. The van der Waals surface area contributed by atoms with Crippen LogP contribution in [0.4, 0.5) is 10.2 Å². The molecule has 1 fully saturated rings. The molecule has 3 aromatic heterocycles. The number of hydrogen-bond donors (Lipinski definition) is 1. The van der Waals surface area contributed by atoms with Gasteiger partial charge in [-0.1, -0.05) is 29.8 Å². The van der Waals surface area contributed by atoms with Crippen molar-refractivity contribution in [2.75, 3.05) is 5.73 Å². The van der Waals surface area contributed by atoms with E-state index in [1.165, 1.54) is 0 Å². The van der Waals surface area contributed by atoms with Gasteiger partial charge >= 0.3 is 0 Å². The fraction of sp³-hybridized carbons (Fsp3) is 0.308. The van der Waals surface area contributed by atoms with Crippen LogP contribution in [-0.4, -0.2) is 32.5 Å². The summed E-state index contributed by atoms with van der Waals surface area (Å²) in [5.41, 5.74) is 8.62. The molecule has 34 heavy (non-hydrogen) atoms. The number of nitrogen functional groups attached to an aromatic ring is 1. The van der Waals surface area contributed by atoms with E-state index in [9.17, 15) is 0 Å². The lowest BCUT2D eigenvalue weighted by molar-refractivity contribution is -0.147. The van der Waals surface area contributed by atoms with E-state index in [1.807, 2.05) is 38.2 Å². The minimum atomic E-state index is -0.696. The van der Waals surface area contributed by atoms with Crippen molar-refractivity contribution in [1.82, 2.24) is 14.5 Å². The molecule has 3 atom stereocenters. The number of nitrogens with two attached hydrogens (primary N) is 1. The molecule has 1 aliphatic heterocycles. The number of aromatic nitrogens is 3. The highest BCUT2D eigenvalue weighted by Crippen LogP contribution is 2.45. The van der Waals surface area contributed by atoms with Gasteiger partial charge in [-0.2, -0.15) is 0 Å². The number of halogens is 2. The maximum absolute atomic E-state index is 15.3. The van der Waals surface area contributed by atoms with Gasteiger partial charge in [0.1, 0.15) is 29.2 Å². The number of fused-ring (bicyclic) bond motifs is 3. The third kappa shape index (κ3) is 3.47. The highest BCUT2D eigenvalue weighted by molar-refractivity contribution is 6.33. The van der Waals surface area contributed by atoms with Crippen molar-refractivity contribution in [2.24, 2.45) is 0 Å². The van der Waals surface area contributed by atoms with Crippen molar-refractivity contribution in [3.8, 4) is 0 Å². The summed E-state index contributed by atoms with van der Waals surface area (Å²) >= 11 is 6.04. The van der Waals surface area contributed by atoms with Crippen molar-refractivity contribution in [1.29, 1.82) is 0 Å². The third-order valence-corrected chi connectivity index (χ3v) is 6.99. The molecule has 0 unspecified atom stereocenters. The van der Waals surface area contributed by atoms with Crippen LogP contribution in [0.1, 0.15) is 31.9 Å². The zero-order valence-electron chi connectivity index (χ0n) is 18.8. The van der Waals surface area contributed by atoms with E-state index in [1.54, 1.807) is 18.3 Å². The summed E-state index contributed by atoms with van der Waals surface area (Å²) in [4.78, 5) is 8.73. The second kappa shape index (κ2) is 7.77. The number of ether oxygens (including phenoxy) is 2. The Morgan fingerprint density at radius 3 is 2.85 bits per heavy atom. The predicted octanol–water partition coefficient (Wildman–Crippen LogP) is 5.59. The van der Waals surface area contributed by atoms with Crippen molar-refractivity contribution < 1.29 is 13.9 Å². The molecule has 2 aliphatic rings. The first-order valence-corrected chi connectivity index (χ1v) is 11.7. The Bertz CT molecular complexity index is 1460. The van der Waals surface area contributed by atoms with Gasteiger partial charge in [0, 0.05) is 23.2 Å². The zero-order valence-corrected chi connectivity index (χ0v) is 19.6. The monoisotopic (exact) mass is 478 g/mol. The summed E-state index contributed by atoms with van der Waals surface area (Å²) in [7, 11) is 0. The first kappa shape index (κ1) is 21.5. The zero-order chi connectivity index (χ0) is 23.6. The Morgan fingerprint density at radius 1 is 1.15 bits per heavy atom. The molecule has 1 aromatic carbocycles. The molecule has 0 amide bonds. The third-order valence-electron chi connectivity index (χ3n) is 6.68. The highest BCUT2D eigenvalue weighted by atomic mass is 35.5. The summed E-state index contributed by atoms with van der Waals surface area (Å²) < 4.78 is 30.0. The van der Waals surface area contributed by atoms with Crippen molar-refractivity contribution >= 4 is 39.4 Å². The number of hydrogen-bond acceptors (Lipinski definition) is 5. The molecular weight excluding hydrogens is 455 g/mol. The van der Waals surface area contributed by atoms with Crippen LogP contribution in [0.3, 0.4) is 0 Å². The van der Waals surface area contributed by atoms with Crippen LogP contribution in [-0.2, 0) is 15.9 Å². The second-order valence-corrected chi connectivity index (χ2v) is 9.77. The Morgan fingerprint density at radius 2 is 2.00 bits per heavy atom. The van der Waals surface area contributed by atoms with Gasteiger partial charge in [-0.3, -0.25) is 0 Å². The lowest BCUT2D eigenvalue weighted by Gasteiger charge is -2.22. The number of aryl methyl sites for hydroxylation is 1. The first-order chi connectivity index (χ1) is 16.3. The fourth-order valence-electron chi connectivity index (χ4n) is 5.13. The molecule has 0 saturated carbocycles. The number of benzene rings is 1. The maximum atomic E-state index is 15.3. The Hall–Kier alpha value is -3.00. The summed E-state index contributed by atoms with van der Waals surface area (Å²) in [5, 5.41) is 2.02. The van der Waals surface area contributed by atoms with Crippen molar-refractivity contribution in [3.63, 3.8) is 0 Å². The molecule has 1 saturated heterocycles. The van der Waals surface area contributed by atoms with Gasteiger partial charge in [0.15, 0.2) is 11.6 Å². The molecule has 0 radical (unpaired) electrons. The van der Waals surface area contributed by atoms with Crippen LogP contribution in [0.5, 0.6) is 0 Å². The van der Waals surface area contributed by atoms with Gasteiger partial charge < -0.3 is 19.8 Å². The SMILES string of the molecule is CC1(C)O[C@@H]2[C@H](O1)C(CCc1ccc3cc(Cl)c(N)nc3c1F)=C[C@H]2n1ccc2cccnc21. The number of nitrogens with zero attached hydrogens (tertiary/aromatic N) is 3. The molecule has 2 N–H and O–H groups in total. The van der Waals surface area contributed by atoms with Crippen LogP contribution in [0.2, 0.25) is 5.02 Å². The van der Waals surface area contributed by atoms with Crippen LogP contribution < -0.4 is 5.73 Å². The quantitative estimate of drug-likeness (QED) is 0.387. The number of anilines is 1. The molecule has 4 aromatic rings. The van der Waals surface area contributed by atoms with Gasteiger partial charge in [-0.25, -0.2) is 14.4 Å². The normalized spacial score (nSPS) is 23.5. The average Bonchev–Trinajstić information content (AvgIpc) is 3.46. The Labute approximate surface area is 201 Å². The van der Waals surface area contributed by atoms with Gasteiger partial charge in [0.2, 0.25) is 0 Å². The van der Waals surface area contributed by atoms with Crippen LogP contribution >= 0.6 is 11.6 Å². The van der Waals surface area contributed by atoms with Gasteiger partial charge in [-0.15, -0.1) is 0 Å². The van der Waals surface area contributed by atoms with Gasteiger partial charge in [-0.05, 0) is 62.1 Å². The smallest absolute Gasteiger partial charge is 0.164 e. The molecule has 6 nitrogen and oxygen atoms in total. The van der Waals surface area contributed by atoms with E-state index in [2.05, 4.69) is 26.7 Å². The molecular formula is C26H24ClFN4O2. The van der Waals surface area contributed by atoms with Crippen molar-refractivity contribution in [3.05, 3.63) is 76.8 Å². The Balaban J connectivity index is 1.32. The maximum Gasteiger partial charge on any atom is 0.164 e. The molecule has 0 spiro atoms.